The Morgan fingerprint density at radius 2 is 2.04 bits per heavy atom. The highest BCUT2D eigenvalue weighted by Gasteiger charge is 2.28. The molecular weight excluding hydrogens is 346 g/mol. The monoisotopic (exact) mass is 367 g/mol. The van der Waals surface area contributed by atoms with E-state index in [2.05, 4.69) is 4.98 Å². The van der Waals surface area contributed by atoms with Gasteiger partial charge in [-0.05, 0) is 37.7 Å². The van der Waals surface area contributed by atoms with Crippen molar-refractivity contribution in [1.82, 2.24) is 4.98 Å². The molecule has 0 aromatic carbocycles. The Bertz CT molecular complexity index is 630. The van der Waals surface area contributed by atoms with E-state index in [4.69, 9.17) is 21.4 Å². The molecule has 1 N–H and O–H groups in total. The summed E-state index contributed by atoms with van der Waals surface area (Å²) < 4.78 is 5.42. The molecule has 1 aromatic heterocycles. The maximum atomic E-state index is 12.7. The average Bonchev–Trinajstić information content (AvgIpc) is 3.38. The minimum Gasteiger partial charge on any atom is -0.481 e. The molecule has 6 nitrogen and oxygen atoms in total. The number of Topliss-reactive ketones (excluding diaryl/α,β-unsaturated/α-hetero) is 2. The van der Waals surface area contributed by atoms with Gasteiger partial charge in [-0.3, -0.25) is 19.4 Å². The average molecular weight is 368 g/mol. The van der Waals surface area contributed by atoms with Crippen molar-refractivity contribution < 1.29 is 24.2 Å². The second-order valence-electron chi connectivity index (χ2n) is 6.37. The second-order valence-corrected chi connectivity index (χ2v) is 6.81. The SMILES string of the molecule is O=C(O)CCCCC(C(=O)COCC1CC1)C(=O)c1cncc(Cl)c1. The van der Waals surface area contributed by atoms with Crippen molar-refractivity contribution >= 4 is 29.1 Å². The number of aliphatic carboxylic acids is 1. The molecule has 1 fully saturated rings. The van der Waals surface area contributed by atoms with Crippen LogP contribution in [-0.2, 0) is 14.3 Å². The van der Waals surface area contributed by atoms with E-state index < -0.39 is 11.9 Å². The van der Waals surface area contributed by atoms with Crippen LogP contribution in [0.3, 0.4) is 0 Å². The first-order valence-corrected chi connectivity index (χ1v) is 8.82. The number of ether oxygens (including phenoxy) is 1. The highest BCUT2D eigenvalue weighted by Crippen LogP contribution is 2.29. The highest BCUT2D eigenvalue weighted by atomic mass is 35.5. The second kappa shape index (κ2) is 9.63. The topological polar surface area (TPSA) is 93.6 Å². The van der Waals surface area contributed by atoms with E-state index in [1.807, 2.05) is 0 Å². The van der Waals surface area contributed by atoms with E-state index >= 15 is 0 Å². The molecule has 0 spiro atoms. The van der Waals surface area contributed by atoms with Gasteiger partial charge in [0.05, 0.1) is 10.9 Å². The fourth-order valence-electron chi connectivity index (χ4n) is 2.52. The number of carboxylic acid groups (broad SMARTS) is 1. The van der Waals surface area contributed by atoms with E-state index in [0.717, 1.165) is 12.8 Å². The van der Waals surface area contributed by atoms with Crippen LogP contribution in [0.2, 0.25) is 5.02 Å². The Labute approximate surface area is 151 Å². The largest absolute Gasteiger partial charge is 0.481 e. The first-order valence-electron chi connectivity index (χ1n) is 8.44. The molecule has 1 atom stereocenters. The third-order valence-corrected chi connectivity index (χ3v) is 4.33. The van der Waals surface area contributed by atoms with Crippen molar-refractivity contribution in [3.05, 3.63) is 29.0 Å². The molecule has 1 saturated carbocycles. The zero-order chi connectivity index (χ0) is 18.2. The standard InChI is InChI=1S/C18H22ClNO5/c19-14-7-13(8-20-9-14)18(24)15(3-1-2-4-17(22)23)16(21)11-25-10-12-5-6-12/h7-9,12,15H,1-6,10-11H2,(H,22,23). The number of nitrogens with zero attached hydrogens (tertiary/aromatic N) is 1. The van der Waals surface area contributed by atoms with Gasteiger partial charge in [-0.25, -0.2) is 0 Å². The molecule has 1 aromatic rings. The van der Waals surface area contributed by atoms with Crippen LogP contribution in [0.5, 0.6) is 0 Å². The molecule has 2 rings (SSSR count). The third kappa shape index (κ3) is 6.92. The fourth-order valence-corrected chi connectivity index (χ4v) is 2.70. The number of aromatic nitrogens is 1. The van der Waals surface area contributed by atoms with E-state index in [9.17, 15) is 14.4 Å². The molecule has 0 bridgehead atoms. The molecule has 0 amide bonds. The summed E-state index contributed by atoms with van der Waals surface area (Å²) in [5.74, 6) is -1.82. The number of pyridine rings is 1. The summed E-state index contributed by atoms with van der Waals surface area (Å²) in [5.41, 5.74) is 0.284. The van der Waals surface area contributed by atoms with Crippen LogP contribution < -0.4 is 0 Å². The maximum Gasteiger partial charge on any atom is 0.303 e. The number of carboxylic acids is 1. The van der Waals surface area contributed by atoms with Gasteiger partial charge in [-0.2, -0.15) is 0 Å². The van der Waals surface area contributed by atoms with E-state index in [1.54, 1.807) is 0 Å². The predicted molar refractivity (Wildman–Crippen MR) is 91.7 cm³/mol. The van der Waals surface area contributed by atoms with E-state index in [0.29, 0.717) is 36.8 Å². The number of rotatable bonds is 12. The van der Waals surface area contributed by atoms with Crippen LogP contribution in [0.4, 0.5) is 0 Å². The molecule has 0 aliphatic heterocycles. The van der Waals surface area contributed by atoms with Gasteiger partial charge >= 0.3 is 5.97 Å². The van der Waals surface area contributed by atoms with Crippen molar-refractivity contribution in [3.63, 3.8) is 0 Å². The van der Waals surface area contributed by atoms with Crippen LogP contribution in [0.15, 0.2) is 18.5 Å². The first kappa shape index (κ1) is 19.5. The van der Waals surface area contributed by atoms with Crippen LogP contribution >= 0.6 is 11.6 Å². The smallest absolute Gasteiger partial charge is 0.303 e. The zero-order valence-electron chi connectivity index (χ0n) is 13.9. The summed E-state index contributed by atoms with van der Waals surface area (Å²) in [6, 6.07) is 1.49. The lowest BCUT2D eigenvalue weighted by Gasteiger charge is -2.15. The number of hydrogen-bond acceptors (Lipinski definition) is 5. The van der Waals surface area contributed by atoms with Crippen LogP contribution in [0.25, 0.3) is 0 Å². The van der Waals surface area contributed by atoms with Gasteiger partial charge in [0.2, 0.25) is 0 Å². The lowest BCUT2D eigenvalue weighted by atomic mass is 9.89. The van der Waals surface area contributed by atoms with E-state index in [-0.39, 0.29) is 30.2 Å². The number of hydrogen-bond donors (Lipinski definition) is 1. The summed E-state index contributed by atoms with van der Waals surface area (Å²) >= 11 is 5.87. The highest BCUT2D eigenvalue weighted by molar-refractivity contribution is 6.31. The summed E-state index contributed by atoms with van der Waals surface area (Å²) in [6.45, 7) is 0.449. The molecule has 136 valence electrons. The minimum atomic E-state index is -0.888. The summed E-state index contributed by atoms with van der Waals surface area (Å²) in [6.07, 6.45) is 6.27. The van der Waals surface area contributed by atoms with Gasteiger partial charge in [0, 0.05) is 31.0 Å². The molecular formula is C18H22ClNO5. The summed E-state index contributed by atoms with van der Waals surface area (Å²) in [4.78, 5) is 39.6. The van der Waals surface area contributed by atoms with Gasteiger partial charge < -0.3 is 9.84 Å². The normalized spacial score (nSPS) is 14.9. The van der Waals surface area contributed by atoms with Crippen molar-refractivity contribution in [2.75, 3.05) is 13.2 Å². The fraction of sp³-hybridized carbons (Fsp3) is 0.556. The number of unbranched alkanes of at least 4 members (excludes halogenated alkanes) is 1. The lowest BCUT2D eigenvalue weighted by Crippen LogP contribution is -2.28. The Hall–Kier alpha value is -1.79. The number of carbonyl (C=O) groups excluding carboxylic acids is 2. The lowest BCUT2D eigenvalue weighted by molar-refractivity contribution is -0.137. The predicted octanol–water partition coefficient (Wildman–Crippen LogP) is 3.17. The van der Waals surface area contributed by atoms with Gasteiger partial charge in [0.1, 0.15) is 6.61 Å². The Balaban J connectivity index is 1.97. The van der Waals surface area contributed by atoms with Crippen molar-refractivity contribution in [3.8, 4) is 0 Å². The molecule has 0 saturated heterocycles. The summed E-state index contributed by atoms with van der Waals surface area (Å²) in [7, 11) is 0. The van der Waals surface area contributed by atoms with Crippen LogP contribution in [0.1, 0.15) is 48.9 Å². The van der Waals surface area contributed by atoms with Crippen molar-refractivity contribution in [2.45, 2.75) is 38.5 Å². The molecule has 0 radical (unpaired) electrons. The van der Waals surface area contributed by atoms with Gasteiger partial charge in [0.25, 0.3) is 0 Å². The minimum absolute atomic E-state index is 0.0198. The number of halogens is 1. The van der Waals surface area contributed by atoms with E-state index in [1.165, 1.54) is 18.5 Å². The number of carbonyl (C=O) groups is 3. The number of ketones is 2. The van der Waals surface area contributed by atoms with Gasteiger partial charge in [-0.15, -0.1) is 0 Å². The van der Waals surface area contributed by atoms with Crippen molar-refractivity contribution in [2.24, 2.45) is 11.8 Å². The first-order chi connectivity index (χ1) is 12.0. The van der Waals surface area contributed by atoms with Crippen molar-refractivity contribution in [1.29, 1.82) is 0 Å². The maximum absolute atomic E-state index is 12.7. The van der Waals surface area contributed by atoms with Gasteiger partial charge in [0.15, 0.2) is 11.6 Å². The molecule has 7 heteroatoms. The van der Waals surface area contributed by atoms with Crippen LogP contribution in [0, 0.1) is 11.8 Å². The molecule has 1 heterocycles. The third-order valence-electron chi connectivity index (χ3n) is 4.12. The zero-order valence-corrected chi connectivity index (χ0v) is 14.7. The molecule has 1 unspecified atom stereocenters. The van der Waals surface area contributed by atoms with Gasteiger partial charge in [-0.1, -0.05) is 18.0 Å². The Morgan fingerprint density at radius 3 is 2.68 bits per heavy atom. The summed E-state index contributed by atoms with van der Waals surface area (Å²) in [5, 5.41) is 9.03. The molecule has 1 aliphatic rings. The Kier molecular flexibility index (Phi) is 7.52. The molecule has 25 heavy (non-hydrogen) atoms. The van der Waals surface area contributed by atoms with Crippen LogP contribution in [-0.4, -0.2) is 40.8 Å². The Morgan fingerprint density at radius 1 is 1.28 bits per heavy atom. The quantitative estimate of drug-likeness (QED) is 0.346. The molecule has 1 aliphatic carbocycles.